The lowest BCUT2D eigenvalue weighted by molar-refractivity contribution is -0.158. The summed E-state index contributed by atoms with van der Waals surface area (Å²) in [5.74, 6) is 0.619. The molecule has 3 aliphatic heterocycles. The first-order chi connectivity index (χ1) is 13.6. The van der Waals surface area contributed by atoms with E-state index in [9.17, 15) is 9.90 Å². The summed E-state index contributed by atoms with van der Waals surface area (Å²) in [7, 11) is 5.35. The molecular formula is C22H28N2O4. The van der Waals surface area contributed by atoms with E-state index in [0.29, 0.717) is 6.04 Å². The van der Waals surface area contributed by atoms with Crippen molar-refractivity contribution in [3.05, 3.63) is 35.4 Å². The molecule has 0 radical (unpaired) electrons. The molecule has 0 aromatic heterocycles. The molecule has 0 amide bonds. The van der Waals surface area contributed by atoms with Crippen LogP contribution in [0, 0.1) is 11.8 Å². The van der Waals surface area contributed by atoms with Crippen molar-refractivity contribution in [3.63, 3.8) is 0 Å². The lowest BCUT2D eigenvalue weighted by Gasteiger charge is -2.63. The van der Waals surface area contributed by atoms with E-state index in [1.165, 1.54) is 23.9 Å². The summed E-state index contributed by atoms with van der Waals surface area (Å²) in [6.07, 6.45) is 3.80. The van der Waals surface area contributed by atoms with Crippen LogP contribution in [0.1, 0.15) is 18.4 Å². The van der Waals surface area contributed by atoms with Crippen molar-refractivity contribution in [1.82, 2.24) is 4.90 Å². The summed E-state index contributed by atoms with van der Waals surface area (Å²) in [6.45, 7) is 1.81. The number of aliphatic hydroxyl groups is 1. The molecule has 4 aliphatic rings. The molecule has 150 valence electrons. The molecule has 3 fully saturated rings. The maximum atomic E-state index is 13.2. The predicted octanol–water partition coefficient (Wildman–Crippen LogP) is 1.57. The van der Waals surface area contributed by atoms with Gasteiger partial charge in [0.05, 0.1) is 32.8 Å². The second-order valence-electron chi connectivity index (χ2n) is 8.57. The van der Waals surface area contributed by atoms with Crippen molar-refractivity contribution in [3.8, 4) is 5.75 Å². The lowest BCUT2D eigenvalue weighted by Crippen LogP contribution is -2.72. The third kappa shape index (κ3) is 2.08. The van der Waals surface area contributed by atoms with E-state index in [1.807, 2.05) is 12.1 Å². The lowest BCUT2D eigenvalue weighted by atomic mass is 9.50. The molecule has 5 atom stereocenters. The molecule has 1 aliphatic carbocycles. The van der Waals surface area contributed by atoms with Crippen molar-refractivity contribution < 1.29 is 19.4 Å². The Bertz CT molecular complexity index is 853. The molecule has 6 nitrogen and oxygen atoms in total. The zero-order valence-electron chi connectivity index (χ0n) is 16.7. The number of nitrogens with zero attached hydrogens (tertiary/aromatic N) is 2. The molecule has 3 bridgehead atoms. The fourth-order valence-electron chi connectivity index (χ4n) is 6.85. The summed E-state index contributed by atoms with van der Waals surface area (Å²) in [4.78, 5) is 18.1. The Labute approximate surface area is 165 Å². The number of fused-ring (bicyclic) bond motifs is 2. The number of benzene rings is 1. The van der Waals surface area contributed by atoms with Crippen LogP contribution in [0.15, 0.2) is 29.8 Å². The summed E-state index contributed by atoms with van der Waals surface area (Å²) < 4.78 is 10.9. The fourth-order valence-corrected chi connectivity index (χ4v) is 6.85. The van der Waals surface area contributed by atoms with Gasteiger partial charge in [0.25, 0.3) is 0 Å². The van der Waals surface area contributed by atoms with Crippen LogP contribution in [0.25, 0.3) is 0 Å². The zero-order valence-corrected chi connectivity index (χ0v) is 16.7. The van der Waals surface area contributed by atoms with Crippen LogP contribution in [-0.2, 0) is 14.9 Å². The predicted molar refractivity (Wildman–Crippen MR) is 106 cm³/mol. The number of hydrogen-bond acceptors (Lipinski definition) is 6. The van der Waals surface area contributed by atoms with Crippen molar-refractivity contribution in [1.29, 1.82) is 0 Å². The van der Waals surface area contributed by atoms with Gasteiger partial charge in [0.15, 0.2) is 0 Å². The average molecular weight is 384 g/mol. The van der Waals surface area contributed by atoms with Crippen LogP contribution >= 0.6 is 0 Å². The van der Waals surface area contributed by atoms with Crippen LogP contribution in [-0.4, -0.2) is 69.0 Å². The first-order valence-electron chi connectivity index (χ1n) is 10.1. The Morgan fingerprint density at radius 1 is 1.39 bits per heavy atom. The monoisotopic (exact) mass is 384 g/mol. The summed E-state index contributed by atoms with van der Waals surface area (Å²) >= 11 is 0. The van der Waals surface area contributed by atoms with Crippen molar-refractivity contribution in [2.45, 2.75) is 30.3 Å². The summed E-state index contributed by atoms with van der Waals surface area (Å²) in [5.41, 5.74) is 3.34. The molecule has 1 saturated carbocycles. The van der Waals surface area contributed by atoms with E-state index < -0.39 is 0 Å². The smallest absolute Gasteiger partial charge is 0.310 e. The van der Waals surface area contributed by atoms with Gasteiger partial charge in [-0.1, -0.05) is 17.7 Å². The van der Waals surface area contributed by atoms with Gasteiger partial charge in [0.2, 0.25) is 0 Å². The van der Waals surface area contributed by atoms with Crippen LogP contribution < -0.4 is 9.64 Å². The van der Waals surface area contributed by atoms with Gasteiger partial charge < -0.3 is 19.5 Å². The van der Waals surface area contributed by atoms with Gasteiger partial charge in [-0.3, -0.25) is 9.69 Å². The first-order valence-corrected chi connectivity index (χ1v) is 10.1. The SMILES string of the molecule is COC(=O)[C@@H]1[C@H]2C[C@H]3[C@@H]4N(C)c5cc(OC)ccc5[C@@]14CCN3C/C2=C/CO. The highest BCUT2D eigenvalue weighted by Crippen LogP contribution is 2.63. The van der Waals surface area contributed by atoms with E-state index in [-0.39, 0.29) is 35.9 Å². The molecule has 5 rings (SSSR count). The number of piperidine rings is 2. The highest BCUT2D eigenvalue weighted by molar-refractivity contribution is 5.81. The Morgan fingerprint density at radius 3 is 2.93 bits per heavy atom. The Morgan fingerprint density at radius 2 is 2.21 bits per heavy atom. The quantitative estimate of drug-likeness (QED) is 0.631. The van der Waals surface area contributed by atoms with Crippen LogP contribution in [0.2, 0.25) is 0 Å². The number of likely N-dealkylation sites (N-methyl/N-ethyl adjacent to an activating group) is 1. The van der Waals surface area contributed by atoms with Crippen molar-refractivity contribution in [2.75, 3.05) is 45.9 Å². The maximum Gasteiger partial charge on any atom is 0.310 e. The maximum absolute atomic E-state index is 13.2. The first kappa shape index (κ1) is 18.0. The minimum Gasteiger partial charge on any atom is -0.497 e. The normalized spacial score (nSPS) is 37.0. The summed E-state index contributed by atoms with van der Waals surface area (Å²) in [5, 5.41) is 9.58. The Kier molecular flexibility index (Phi) is 4.00. The molecule has 0 spiro atoms. The number of methoxy groups -OCH3 is 2. The zero-order chi connectivity index (χ0) is 19.6. The van der Waals surface area contributed by atoms with Gasteiger partial charge >= 0.3 is 5.97 Å². The number of anilines is 1. The number of aliphatic hydroxyl groups excluding tert-OH is 1. The number of carbonyl (C=O) groups excluding carboxylic acids is 1. The number of ether oxygens (including phenoxy) is 2. The molecule has 1 aromatic carbocycles. The molecular weight excluding hydrogens is 356 g/mol. The molecule has 2 saturated heterocycles. The standard InChI is InChI=1S/C22H28N2O4/c1-23-17-10-14(27-2)4-5-16(17)22-7-8-24-12-13(6-9-25)15(11-18(24)20(22)23)19(22)21(26)28-3/h4-6,10,15,18-20,25H,7-9,11-12H2,1-3H3/b13-6-/t15-,18-,19-,20-,22-/m0/s1. The molecule has 28 heavy (non-hydrogen) atoms. The number of hydrogen-bond donors (Lipinski definition) is 1. The van der Waals surface area contributed by atoms with E-state index in [0.717, 1.165) is 31.7 Å². The van der Waals surface area contributed by atoms with Gasteiger partial charge in [-0.15, -0.1) is 0 Å². The van der Waals surface area contributed by atoms with Gasteiger partial charge in [-0.2, -0.15) is 0 Å². The van der Waals surface area contributed by atoms with E-state index in [4.69, 9.17) is 9.47 Å². The molecule has 3 heterocycles. The third-order valence-electron chi connectivity index (χ3n) is 7.80. The second kappa shape index (κ2) is 6.22. The number of rotatable bonds is 3. The average Bonchev–Trinajstić information content (AvgIpc) is 2.98. The van der Waals surface area contributed by atoms with Gasteiger partial charge in [-0.05, 0) is 36.9 Å². The van der Waals surface area contributed by atoms with Crippen LogP contribution in [0.3, 0.4) is 0 Å². The highest BCUT2D eigenvalue weighted by atomic mass is 16.5. The highest BCUT2D eigenvalue weighted by Gasteiger charge is 2.68. The van der Waals surface area contributed by atoms with Crippen LogP contribution in [0.5, 0.6) is 5.75 Å². The topological polar surface area (TPSA) is 62.2 Å². The molecule has 6 heteroatoms. The third-order valence-corrected chi connectivity index (χ3v) is 7.80. The number of esters is 1. The minimum atomic E-state index is -0.261. The Balaban J connectivity index is 1.74. The van der Waals surface area contributed by atoms with E-state index in [2.05, 4.69) is 29.0 Å². The fraction of sp³-hybridized carbons (Fsp3) is 0.591. The van der Waals surface area contributed by atoms with Crippen LogP contribution in [0.4, 0.5) is 5.69 Å². The van der Waals surface area contributed by atoms with E-state index >= 15 is 0 Å². The van der Waals surface area contributed by atoms with Gasteiger partial charge in [0, 0.05) is 36.8 Å². The second-order valence-corrected chi connectivity index (χ2v) is 8.57. The summed E-state index contributed by atoms with van der Waals surface area (Å²) in [6, 6.07) is 6.93. The van der Waals surface area contributed by atoms with Gasteiger partial charge in [-0.25, -0.2) is 0 Å². The molecule has 1 aromatic rings. The molecule has 0 unspecified atom stereocenters. The minimum absolute atomic E-state index is 0.0162. The molecule has 1 N–H and O–H groups in total. The van der Waals surface area contributed by atoms with Crippen molar-refractivity contribution in [2.24, 2.45) is 11.8 Å². The Hall–Kier alpha value is -2.05. The van der Waals surface area contributed by atoms with Crippen molar-refractivity contribution >= 4 is 11.7 Å². The largest absolute Gasteiger partial charge is 0.497 e. The van der Waals surface area contributed by atoms with Gasteiger partial charge in [0.1, 0.15) is 5.75 Å². The van der Waals surface area contributed by atoms with E-state index in [1.54, 1.807) is 7.11 Å². The number of carbonyl (C=O) groups is 1.